The highest BCUT2D eigenvalue weighted by Crippen LogP contribution is 2.34. The molecule has 0 bridgehead atoms. The van der Waals surface area contributed by atoms with E-state index in [-0.39, 0.29) is 0 Å². The summed E-state index contributed by atoms with van der Waals surface area (Å²) in [5.41, 5.74) is 0.178. The van der Waals surface area contributed by atoms with Crippen molar-refractivity contribution in [3.63, 3.8) is 0 Å². The van der Waals surface area contributed by atoms with E-state index in [2.05, 4.69) is 41.0 Å². The first-order valence-corrected chi connectivity index (χ1v) is 9.66. The van der Waals surface area contributed by atoms with E-state index in [0.29, 0.717) is 6.04 Å². The Hall–Kier alpha value is -0.530. The molecule has 0 saturated carbocycles. The van der Waals surface area contributed by atoms with Gasteiger partial charge in [0.15, 0.2) is 0 Å². The van der Waals surface area contributed by atoms with Gasteiger partial charge in [0.2, 0.25) is 0 Å². The summed E-state index contributed by atoms with van der Waals surface area (Å²) in [6.07, 6.45) is 1.59. The zero-order chi connectivity index (χ0) is 16.4. The van der Waals surface area contributed by atoms with Crippen LogP contribution in [0.1, 0.15) is 37.4 Å². The number of nitrogens with zero attached hydrogens (tertiary/aromatic N) is 4. The molecule has 0 aliphatic carbocycles. The van der Waals surface area contributed by atoms with Crippen LogP contribution in [0.25, 0.3) is 0 Å². The monoisotopic (exact) mass is 338 g/mol. The van der Waals surface area contributed by atoms with Crippen molar-refractivity contribution in [1.82, 2.24) is 19.7 Å². The van der Waals surface area contributed by atoms with Crippen LogP contribution in [0.4, 0.5) is 0 Å². The molecule has 6 heteroatoms. The van der Waals surface area contributed by atoms with Crippen LogP contribution in [0.5, 0.6) is 0 Å². The molecule has 0 aromatic carbocycles. The summed E-state index contributed by atoms with van der Waals surface area (Å²) in [6, 6.07) is 0.558. The molecule has 1 aromatic rings. The van der Waals surface area contributed by atoms with Gasteiger partial charge in [-0.3, -0.25) is 4.90 Å². The number of hydrogen-bond acceptors (Lipinski definition) is 6. The summed E-state index contributed by atoms with van der Waals surface area (Å²) in [5.74, 6) is 0. The summed E-state index contributed by atoms with van der Waals surface area (Å²) in [5, 5.41) is 14.2. The topological polar surface area (TPSA) is 42.8 Å². The Morgan fingerprint density at radius 1 is 1.17 bits per heavy atom. The fourth-order valence-electron chi connectivity index (χ4n) is 3.46. The highest BCUT2D eigenvalue weighted by molar-refractivity contribution is 7.09. The summed E-state index contributed by atoms with van der Waals surface area (Å²) in [6.45, 7) is 11.8. The maximum Gasteiger partial charge on any atom is 0.110 e. The van der Waals surface area contributed by atoms with Crippen LogP contribution >= 0.6 is 11.3 Å². The van der Waals surface area contributed by atoms with Gasteiger partial charge in [0.1, 0.15) is 10.6 Å². The molecule has 0 radical (unpaired) electrons. The zero-order valence-electron chi connectivity index (χ0n) is 14.7. The second kappa shape index (κ2) is 7.15. The second-order valence-corrected chi connectivity index (χ2v) is 8.31. The van der Waals surface area contributed by atoms with E-state index in [0.717, 1.165) is 69.4 Å². The molecule has 3 heterocycles. The van der Waals surface area contributed by atoms with Gasteiger partial charge in [-0.2, -0.15) is 0 Å². The van der Waals surface area contributed by atoms with Crippen LogP contribution in [-0.2, 0) is 12.1 Å². The lowest BCUT2D eigenvalue weighted by atomic mass is 9.88. The van der Waals surface area contributed by atoms with E-state index in [1.165, 1.54) is 0 Å². The van der Waals surface area contributed by atoms with Crippen LogP contribution in [0.2, 0.25) is 0 Å². The molecule has 0 unspecified atom stereocenters. The quantitative estimate of drug-likeness (QED) is 0.903. The van der Waals surface area contributed by atoms with Crippen molar-refractivity contribution in [3.05, 3.63) is 16.1 Å². The average molecular weight is 339 g/mol. The number of piperazine rings is 1. The van der Waals surface area contributed by atoms with Crippen LogP contribution < -0.4 is 0 Å². The van der Waals surface area contributed by atoms with Crippen molar-refractivity contribution in [2.24, 2.45) is 0 Å². The maximum absolute atomic E-state index is 11.0. The summed E-state index contributed by atoms with van der Waals surface area (Å²) >= 11 is 1.70. The Bertz CT molecular complexity index is 502. The molecule has 1 aromatic heterocycles. The van der Waals surface area contributed by atoms with Gasteiger partial charge in [-0.1, -0.05) is 0 Å². The average Bonchev–Trinajstić information content (AvgIpc) is 2.99. The smallest absolute Gasteiger partial charge is 0.110 e. The normalized spacial score (nSPS) is 24.4. The molecule has 0 atom stereocenters. The Morgan fingerprint density at radius 2 is 1.83 bits per heavy atom. The number of piperidine rings is 1. The largest absolute Gasteiger partial charge is 0.383 e. The first-order valence-electron chi connectivity index (χ1n) is 8.78. The van der Waals surface area contributed by atoms with E-state index >= 15 is 0 Å². The molecule has 0 amide bonds. The van der Waals surface area contributed by atoms with E-state index in [1.807, 2.05) is 0 Å². The van der Waals surface area contributed by atoms with E-state index in [4.69, 9.17) is 4.98 Å². The Labute approximate surface area is 143 Å². The van der Waals surface area contributed by atoms with Crippen molar-refractivity contribution >= 4 is 11.3 Å². The van der Waals surface area contributed by atoms with Crippen molar-refractivity contribution in [2.75, 3.05) is 46.3 Å². The van der Waals surface area contributed by atoms with E-state index < -0.39 is 5.60 Å². The summed E-state index contributed by atoms with van der Waals surface area (Å²) in [7, 11) is 2.18. The molecule has 130 valence electrons. The SMILES string of the molecule is CC(C)N1CCC(O)(c2csc(CN3CCN(C)CC3)n2)CC1. The lowest BCUT2D eigenvalue weighted by Gasteiger charge is -2.39. The van der Waals surface area contributed by atoms with Gasteiger partial charge >= 0.3 is 0 Å². The lowest BCUT2D eigenvalue weighted by molar-refractivity contribution is -0.0353. The van der Waals surface area contributed by atoms with E-state index in [9.17, 15) is 5.11 Å². The molecule has 0 spiro atoms. The summed E-state index contributed by atoms with van der Waals surface area (Å²) < 4.78 is 0. The third-order valence-electron chi connectivity index (χ3n) is 5.34. The van der Waals surface area contributed by atoms with Gasteiger partial charge in [0, 0.05) is 50.7 Å². The van der Waals surface area contributed by atoms with Crippen LogP contribution in [-0.4, -0.2) is 77.1 Å². The Morgan fingerprint density at radius 3 is 2.43 bits per heavy atom. The van der Waals surface area contributed by atoms with Crippen LogP contribution in [0, 0.1) is 0 Å². The minimum Gasteiger partial charge on any atom is -0.383 e. The highest BCUT2D eigenvalue weighted by Gasteiger charge is 2.36. The van der Waals surface area contributed by atoms with Crippen molar-refractivity contribution < 1.29 is 5.11 Å². The first-order chi connectivity index (χ1) is 11.0. The number of likely N-dealkylation sites (N-methyl/N-ethyl adjacent to an activating group) is 1. The molecule has 1 N–H and O–H groups in total. The minimum absolute atomic E-state index is 0.558. The number of aromatic nitrogens is 1. The molecular weight excluding hydrogens is 308 g/mol. The standard InChI is InChI=1S/C17H30N4OS/c1-14(2)21-6-4-17(22,5-7-21)15-13-23-16(18-15)12-20-10-8-19(3)9-11-20/h13-14,22H,4-12H2,1-3H3. The third-order valence-corrected chi connectivity index (χ3v) is 6.17. The highest BCUT2D eigenvalue weighted by atomic mass is 32.1. The molecular formula is C17H30N4OS. The maximum atomic E-state index is 11.0. The molecule has 2 aliphatic heterocycles. The minimum atomic E-state index is -0.720. The molecule has 3 rings (SSSR count). The molecule has 23 heavy (non-hydrogen) atoms. The zero-order valence-corrected chi connectivity index (χ0v) is 15.5. The predicted octanol–water partition coefficient (Wildman–Crippen LogP) is 1.58. The number of aliphatic hydroxyl groups is 1. The molecule has 2 fully saturated rings. The van der Waals surface area contributed by atoms with Gasteiger partial charge in [0.25, 0.3) is 0 Å². The first kappa shape index (κ1) is 17.3. The van der Waals surface area contributed by atoms with E-state index in [1.54, 1.807) is 11.3 Å². The fourth-order valence-corrected chi connectivity index (χ4v) is 4.39. The molecule has 2 saturated heterocycles. The second-order valence-electron chi connectivity index (χ2n) is 7.37. The van der Waals surface area contributed by atoms with Crippen molar-refractivity contribution in [1.29, 1.82) is 0 Å². The van der Waals surface area contributed by atoms with Gasteiger partial charge in [-0.05, 0) is 33.7 Å². The van der Waals surface area contributed by atoms with Crippen LogP contribution in [0.15, 0.2) is 5.38 Å². The summed E-state index contributed by atoms with van der Waals surface area (Å²) in [4.78, 5) is 12.1. The fraction of sp³-hybridized carbons (Fsp3) is 0.824. The van der Waals surface area contributed by atoms with Crippen molar-refractivity contribution in [2.45, 2.75) is 44.9 Å². The van der Waals surface area contributed by atoms with Gasteiger partial charge in [-0.25, -0.2) is 4.98 Å². The predicted molar refractivity (Wildman–Crippen MR) is 94.7 cm³/mol. The van der Waals surface area contributed by atoms with Gasteiger partial charge in [0.05, 0.1) is 12.2 Å². The number of thiazole rings is 1. The molecule has 2 aliphatic rings. The Balaban J connectivity index is 1.58. The molecule has 5 nitrogen and oxygen atoms in total. The van der Waals surface area contributed by atoms with Gasteiger partial charge < -0.3 is 14.9 Å². The number of rotatable bonds is 4. The van der Waals surface area contributed by atoms with Gasteiger partial charge in [-0.15, -0.1) is 11.3 Å². The number of likely N-dealkylation sites (tertiary alicyclic amines) is 1. The lowest BCUT2D eigenvalue weighted by Crippen LogP contribution is -2.45. The van der Waals surface area contributed by atoms with Crippen molar-refractivity contribution in [3.8, 4) is 0 Å². The van der Waals surface area contributed by atoms with Crippen LogP contribution in [0.3, 0.4) is 0 Å². The third kappa shape index (κ3) is 4.12. The number of hydrogen-bond donors (Lipinski definition) is 1. The Kier molecular flexibility index (Phi) is 5.38.